The molecular formula is C23H29N7O3. The van der Waals surface area contributed by atoms with Crippen LogP contribution in [0.5, 0.6) is 0 Å². The van der Waals surface area contributed by atoms with Crippen molar-refractivity contribution >= 4 is 29.0 Å². The first-order valence-electron chi connectivity index (χ1n) is 11.4. The number of hydrogen-bond acceptors (Lipinski definition) is 8. The van der Waals surface area contributed by atoms with Gasteiger partial charge in [0.1, 0.15) is 23.0 Å². The van der Waals surface area contributed by atoms with E-state index in [1.807, 2.05) is 24.3 Å². The van der Waals surface area contributed by atoms with Gasteiger partial charge in [0.25, 0.3) is 5.91 Å². The summed E-state index contributed by atoms with van der Waals surface area (Å²) in [6, 6.07) is 7.75. The predicted octanol–water partition coefficient (Wildman–Crippen LogP) is 2.57. The molecule has 1 amide bonds. The van der Waals surface area contributed by atoms with Crippen molar-refractivity contribution in [3.05, 3.63) is 41.7 Å². The van der Waals surface area contributed by atoms with Crippen LogP contribution in [0.2, 0.25) is 0 Å². The highest BCUT2D eigenvalue weighted by Gasteiger charge is 2.27. The molecule has 0 spiro atoms. The van der Waals surface area contributed by atoms with E-state index in [1.165, 1.54) is 0 Å². The number of ether oxygens (including phenoxy) is 2. The van der Waals surface area contributed by atoms with Gasteiger partial charge in [0.05, 0.1) is 32.1 Å². The lowest BCUT2D eigenvalue weighted by Gasteiger charge is -2.22. The second-order valence-corrected chi connectivity index (χ2v) is 8.65. The van der Waals surface area contributed by atoms with E-state index >= 15 is 0 Å². The summed E-state index contributed by atoms with van der Waals surface area (Å²) in [5.74, 6) is 2.33. The second-order valence-electron chi connectivity index (χ2n) is 8.65. The Bertz CT molecular complexity index is 1140. The zero-order valence-electron chi connectivity index (χ0n) is 18.9. The molecular weight excluding hydrogens is 422 g/mol. The van der Waals surface area contributed by atoms with Crippen molar-refractivity contribution in [2.45, 2.75) is 31.7 Å². The van der Waals surface area contributed by atoms with Crippen molar-refractivity contribution in [3.63, 3.8) is 0 Å². The molecule has 5 rings (SSSR count). The van der Waals surface area contributed by atoms with Crippen LogP contribution in [0.15, 0.2) is 30.5 Å². The maximum Gasteiger partial charge on any atom is 0.257 e. The number of nitrogens with zero attached hydrogens (tertiary/aromatic N) is 4. The smallest absolute Gasteiger partial charge is 0.257 e. The van der Waals surface area contributed by atoms with Crippen LogP contribution in [-0.4, -0.2) is 65.0 Å². The van der Waals surface area contributed by atoms with Crippen LogP contribution in [0.25, 0.3) is 5.65 Å². The molecule has 3 atom stereocenters. The van der Waals surface area contributed by atoms with Crippen molar-refractivity contribution in [2.75, 3.05) is 44.1 Å². The summed E-state index contributed by atoms with van der Waals surface area (Å²) in [6.45, 7) is 4.74. The zero-order chi connectivity index (χ0) is 22.8. The van der Waals surface area contributed by atoms with Gasteiger partial charge in [0, 0.05) is 37.3 Å². The number of anilines is 3. The number of carbonyl (C=O) groups excluding carboxylic acids is 1. The number of rotatable bonds is 6. The molecule has 3 N–H and O–H groups in total. The lowest BCUT2D eigenvalue weighted by atomic mass is 9.98. The SMILES string of the molecule is CNc1cc(Nc2cccc([C@H]3CCCOC3)n2)nc2c(C(=O)N[C@@H]3COC[C@@H]3C)cnn12. The zero-order valence-corrected chi connectivity index (χ0v) is 18.9. The molecule has 0 bridgehead atoms. The molecule has 174 valence electrons. The molecule has 5 heterocycles. The molecule has 0 aromatic carbocycles. The summed E-state index contributed by atoms with van der Waals surface area (Å²) >= 11 is 0. The Morgan fingerprint density at radius 3 is 2.82 bits per heavy atom. The summed E-state index contributed by atoms with van der Waals surface area (Å²) in [5.41, 5.74) is 1.88. The van der Waals surface area contributed by atoms with Gasteiger partial charge >= 0.3 is 0 Å². The molecule has 2 fully saturated rings. The quantitative estimate of drug-likeness (QED) is 0.524. The Labute approximate surface area is 192 Å². The van der Waals surface area contributed by atoms with Crippen molar-refractivity contribution < 1.29 is 14.3 Å². The molecule has 3 aromatic heterocycles. The maximum absolute atomic E-state index is 13.0. The number of fused-ring (bicyclic) bond motifs is 1. The molecule has 10 nitrogen and oxygen atoms in total. The third-order valence-electron chi connectivity index (χ3n) is 6.26. The Kier molecular flexibility index (Phi) is 6.10. The Hall–Kier alpha value is -3.24. The average molecular weight is 452 g/mol. The third kappa shape index (κ3) is 4.49. The predicted molar refractivity (Wildman–Crippen MR) is 124 cm³/mol. The van der Waals surface area contributed by atoms with E-state index in [0.29, 0.717) is 54.4 Å². The minimum Gasteiger partial charge on any atom is -0.381 e. The Morgan fingerprint density at radius 2 is 2.06 bits per heavy atom. The average Bonchev–Trinajstić information content (AvgIpc) is 3.45. The number of amides is 1. The van der Waals surface area contributed by atoms with Crippen molar-refractivity contribution in [1.82, 2.24) is 24.9 Å². The van der Waals surface area contributed by atoms with E-state index in [-0.39, 0.29) is 17.9 Å². The molecule has 2 aliphatic rings. The first-order chi connectivity index (χ1) is 16.1. The van der Waals surface area contributed by atoms with Crippen molar-refractivity contribution in [3.8, 4) is 0 Å². The van der Waals surface area contributed by atoms with E-state index in [4.69, 9.17) is 14.5 Å². The van der Waals surface area contributed by atoms with Crippen LogP contribution in [0.1, 0.15) is 41.7 Å². The number of nitrogens with one attached hydrogen (secondary N) is 3. The maximum atomic E-state index is 13.0. The lowest BCUT2D eigenvalue weighted by Crippen LogP contribution is -2.38. The topological polar surface area (TPSA) is 115 Å². The van der Waals surface area contributed by atoms with Crippen LogP contribution < -0.4 is 16.0 Å². The summed E-state index contributed by atoms with van der Waals surface area (Å²) in [7, 11) is 1.81. The van der Waals surface area contributed by atoms with E-state index < -0.39 is 0 Å². The number of hydrogen-bond donors (Lipinski definition) is 3. The Morgan fingerprint density at radius 1 is 1.15 bits per heavy atom. The van der Waals surface area contributed by atoms with E-state index in [0.717, 1.165) is 25.1 Å². The van der Waals surface area contributed by atoms with Crippen molar-refractivity contribution in [2.24, 2.45) is 5.92 Å². The van der Waals surface area contributed by atoms with E-state index in [9.17, 15) is 4.79 Å². The summed E-state index contributed by atoms with van der Waals surface area (Å²) in [4.78, 5) is 22.5. The van der Waals surface area contributed by atoms with Gasteiger partial charge in [0.2, 0.25) is 0 Å². The molecule has 2 saturated heterocycles. The second kappa shape index (κ2) is 9.32. The van der Waals surface area contributed by atoms with E-state index in [1.54, 1.807) is 17.8 Å². The summed E-state index contributed by atoms with van der Waals surface area (Å²) in [5, 5.41) is 13.8. The summed E-state index contributed by atoms with van der Waals surface area (Å²) in [6.07, 6.45) is 3.67. The fourth-order valence-electron chi connectivity index (χ4n) is 4.31. The first kappa shape index (κ1) is 21.6. The Balaban J connectivity index is 1.42. The highest BCUT2D eigenvalue weighted by Crippen LogP contribution is 2.26. The highest BCUT2D eigenvalue weighted by molar-refractivity contribution is 6.00. The lowest BCUT2D eigenvalue weighted by molar-refractivity contribution is 0.0793. The molecule has 3 aromatic rings. The molecule has 10 heteroatoms. The summed E-state index contributed by atoms with van der Waals surface area (Å²) < 4.78 is 12.7. The van der Waals surface area contributed by atoms with Gasteiger partial charge in [-0.1, -0.05) is 13.0 Å². The van der Waals surface area contributed by atoms with Crippen molar-refractivity contribution in [1.29, 1.82) is 0 Å². The fourth-order valence-corrected chi connectivity index (χ4v) is 4.31. The van der Waals surface area contributed by atoms with Gasteiger partial charge in [-0.05, 0) is 25.0 Å². The van der Waals surface area contributed by atoms with Gasteiger partial charge in [-0.25, -0.2) is 9.97 Å². The number of aromatic nitrogens is 4. The molecule has 2 aliphatic heterocycles. The molecule has 0 unspecified atom stereocenters. The minimum atomic E-state index is -0.212. The van der Waals surface area contributed by atoms with Crippen LogP contribution in [0.3, 0.4) is 0 Å². The number of pyridine rings is 1. The van der Waals surface area contributed by atoms with Crippen LogP contribution in [0, 0.1) is 5.92 Å². The van der Waals surface area contributed by atoms with Gasteiger partial charge in [0.15, 0.2) is 5.65 Å². The normalized spacial score (nSPS) is 22.9. The monoisotopic (exact) mass is 451 g/mol. The third-order valence-corrected chi connectivity index (χ3v) is 6.26. The van der Waals surface area contributed by atoms with Gasteiger partial charge in [-0.2, -0.15) is 9.61 Å². The largest absolute Gasteiger partial charge is 0.381 e. The standard InChI is InChI=1S/C23H29N7O3/c1-14-11-33-13-18(14)27-23(31)16-10-25-30-21(24-2)9-20(29-22(16)30)28-19-7-3-6-17(26-19)15-5-4-8-32-12-15/h3,6-7,9-10,14-15,18,24H,4-5,8,11-13H2,1-2H3,(H,27,31)(H,26,28,29)/t14-,15-,18+/m0/s1. The fraction of sp³-hybridized carbons (Fsp3) is 0.478. The van der Waals surface area contributed by atoms with Crippen LogP contribution in [-0.2, 0) is 9.47 Å². The van der Waals surface area contributed by atoms with Gasteiger partial charge in [-0.3, -0.25) is 4.79 Å². The first-order valence-corrected chi connectivity index (χ1v) is 11.4. The molecule has 33 heavy (non-hydrogen) atoms. The highest BCUT2D eigenvalue weighted by atomic mass is 16.5. The molecule has 0 aliphatic carbocycles. The van der Waals surface area contributed by atoms with E-state index in [2.05, 4.69) is 33.0 Å². The number of carbonyl (C=O) groups is 1. The van der Waals surface area contributed by atoms with Gasteiger partial charge in [-0.15, -0.1) is 0 Å². The van der Waals surface area contributed by atoms with Crippen LogP contribution in [0.4, 0.5) is 17.5 Å². The van der Waals surface area contributed by atoms with Crippen LogP contribution >= 0.6 is 0 Å². The minimum absolute atomic E-state index is 0.0202. The van der Waals surface area contributed by atoms with Gasteiger partial charge < -0.3 is 25.4 Å². The molecule has 0 saturated carbocycles. The molecule has 0 radical (unpaired) electrons.